The molecule has 1 rings (SSSR count). The van der Waals surface area contributed by atoms with Crippen molar-refractivity contribution < 1.29 is 24.2 Å². The molecule has 7 nitrogen and oxygen atoms in total. The summed E-state index contributed by atoms with van der Waals surface area (Å²) < 4.78 is 6.01. The minimum Gasteiger partial charge on any atom is -0.483 e. The van der Waals surface area contributed by atoms with Gasteiger partial charge in [-0.05, 0) is 40.8 Å². The Morgan fingerprint density at radius 3 is 2.52 bits per heavy atom. The van der Waals surface area contributed by atoms with Gasteiger partial charge in [-0.25, -0.2) is 4.79 Å². The monoisotopic (exact) mass is 406 g/mol. The fourth-order valence-electron chi connectivity index (χ4n) is 1.38. The van der Waals surface area contributed by atoms with Gasteiger partial charge in [-0.15, -0.1) is 0 Å². The first-order valence-electron chi connectivity index (χ1n) is 6.07. The van der Waals surface area contributed by atoms with Crippen molar-refractivity contribution in [1.29, 1.82) is 0 Å². The van der Waals surface area contributed by atoms with Gasteiger partial charge in [0, 0.05) is 20.0 Å². The Morgan fingerprint density at radius 2 is 1.90 bits per heavy atom. The van der Waals surface area contributed by atoms with E-state index in [4.69, 9.17) is 9.84 Å². The fourth-order valence-corrected chi connectivity index (χ4v) is 1.87. The zero-order chi connectivity index (χ0) is 15.8. The molecule has 0 fully saturated rings. The number of hydrogen-bond acceptors (Lipinski definition) is 4. The van der Waals surface area contributed by atoms with Crippen molar-refractivity contribution in [2.24, 2.45) is 0 Å². The first-order chi connectivity index (χ1) is 9.90. The molecule has 21 heavy (non-hydrogen) atoms. The van der Waals surface area contributed by atoms with Gasteiger partial charge in [-0.1, -0.05) is 0 Å². The maximum Gasteiger partial charge on any atom is 0.335 e. The number of carboxylic acids is 1. The van der Waals surface area contributed by atoms with E-state index in [9.17, 15) is 14.4 Å². The molecule has 1 aromatic carbocycles. The lowest BCUT2D eigenvalue weighted by molar-refractivity contribution is -0.123. The van der Waals surface area contributed by atoms with E-state index >= 15 is 0 Å². The van der Waals surface area contributed by atoms with Crippen LogP contribution in [0.2, 0.25) is 0 Å². The van der Waals surface area contributed by atoms with Crippen LogP contribution >= 0.6 is 22.6 Å². The number of hydrogen-bond donors (Lipinski definition) is 3. The third kappa shape index (κ3) is 6.43. The number of carbonyl (C=O) groups excluding carboxylic acids is 2. The lowest BCUT2D eigenvalue weighted by Gasteiger charge is -2.09. The topological polar surface area (TPSA) is 105 Å². The van der Waals surface area contributed by atoms with Crippen LogP contribution in [0.5, 0.6) is 5.75 Å². The van der Waals surface area contributed by atoms with Crippen LogP contribution in [0.1, 0.15) is 17.3 Å². The molecule has 114 valence electrons. The van der Waals surface area contributed by atoms with Gasteiger partial charge in [0.15, 0.2) is 6.61 Å². The number of carboxylic acid groups (broad SMARTS) is 1. The summed E-state index contributed by atoms with van der Waals surface area (Å²) in [6.45, 7) is 1.81. The second kappa shape index (κ2) is 8.45. The molecular formula is C13H15IN2O5. The average Bonchev–Trinajstić information content (AvgIpc) is 2.42. The number of aromatic carboxylic acids is 1. The Hall–Kier alpha value is -1.84. The van der Waals surface area contributed by atoms with Crippen LogP contribution in [0.4, 0.5) is 0 Å². The van der Waals surface area contributed by atoms with Gasteiger partial charge >= 0.3 is 5.97 Å². The van der Waals surface area contributed by atoms with Gasteiger partial charge in [0.25, 0.3) is 5.91 Å². The first-order valence-corrected chi connectivity index (χ1v) is 7.15. The Morgan fingerprint density at radius 1 is 1.24 bits per heavy atom. The van der Waals surface area contributed by atoms with Crippen LogP contribution in [0.25, 0.3) is 0 Å². The third-order valence-corrected chi connectivity index (χ3v) is 3.25. The normalized spacial score (nSPS) is 9.81. The highest BCUT2D eigenvalue weighted by Crippen LogP contribution is 2.22. The van der Waals surface area contributed by atoms with Crippen LogP contribution in [0.15, 0.2) is 18.2 Å². The van der Waals surface area contributed by atoms with Gasteiger partial charge < -0.3 is 20.5 Å². The second-order valence-electron chi connectivity index (χ2n) is 4.07. The predicted octanol–water partition coefficient (Wildman–Crippen LogP) is 0.620. The summed E-state index contributed by atoms with van der Waals surface area (Å²) in [5, 5.41) is 14.0. The van der Waals surface area contributed by atoms with Gasteiger partial charge in [-0.3, -0.25) is 9.59 Å². The number of amides is 2. The van der Waals surface area contributed by atoms with E-state index in [1.165, 1.54) is 19.1 Å². The standard InChI is InChI=1S/C13H15IN2O5/c1-8(17)15-4-5-16-12(18)7-21-11-6-9(13(19)20)2-3-10(11)14/h2-3,6H,4-5,7H2,1H3,(H,15,17)(H,16,18)(H,19,20). The van der Waals surface area contributed by atoms with Crippen molar-refractivity contribution >= 4 is 40.4 Å². The summed E-state index contributed by atoms with van der Waals surface area (Å²) in [5.41, 5.74) is 0.0940. The SMILES string of the molecule is CC(=O)NCCNC(=O)COc1cc(C(=O)O)ccc1I. The molecule has 0 atom stereocenters. The molecule has 0 aliphatic heterocycles. The predicted molar refractivity (Wildman–Crippen MR) is 83.3 cm³/mol. The minimum absolute atomic E-state index is 0.0940. The summed E-state index contributed by atoms with van der Waals surface area (Å²) in [5.74, 6) is -1.24. The lowest BCUT2D eigenvalue weighted by Crippen LogP contribution is -2.36. The Kier molecular flexibility index (Phi) is 6.92. The van der Waals surface area contributed by atoms with Crippen LogP contribution in [0.3, 0.4) is 0 Å². The molecule has 0 heterocycles. The quantitative estimate of drug-likeness (QED) is 0.455. The molecule has 0 unspecified atom stereocenters. The number of halogens is 1. The largest absolute Gasteiger partial charge is 0.483 e. The average molecular weight is 406 g/mol. The van der Waals surface area contributed by atoms with Crippen molar-refractivity contribution in [3.8, 4) is 5.75 Å². The van der Waals surface area contributed by atoms with Gasteiger partial charge in [0.05, 0.1) is 9.13 Å². The Balaban J connectivity index is 2.44. The van der Waals surface area contributed by atoms with E-state index in [0.717, 1.165) is 0 Å². The third-order valence-electron chi connectivity index (χ3n) is 2.36. The van der Waals surface area contributed by atoms with E-state index in [-0.39, 0.29) is 24.0 Å². The molecule has 0 aromatic heterocycles. The van der Waals surface area contributed by atoms with Crippen molar-refractivity contribution in [3.63, 3.8) is 0 Å². The molecule has 0 spiro atoms. The van der Waals surface area contributed by atoms with Gasteiger partial charge in [-0.2, -0.15) is 0 Å². The van der Waals surface area contributed by atoms with Gasteiger partial charge in [0.1, 0.15) is 5.75 Å². The summed E-state index contributed by atoms with van der Waals surface area (Å²) in [4.78, 5) is 33.0. The second-order valence-corrected chi connectivity index (χ2v) is 5.23. The zero-order valence-electron chi connectivity index (χ0n) is 11.3. The van der Waals surface area contributed by atoms with Crippen LogP contribution in [-0.2, 0) is 9.59 Å². The van der Waals surface area contributed by atoms with Crippen molar-refractivity contribution in [2.45, 2.75) is 6.92 Å². The number of ether oxygens (including phenoxy) is 1. The number of nitrogens with one attached hydrogen (secondary N) is 2. The highest BCUT2D eigenvalue weighted by atomic mass is 127. The molecule has 0 bridgehead atoms. The fraction of sp³-hybridized carbons (Fsp3) is 0.308. The molecule has 0 saturated heterocycles. The zero-order valence-corrected chi connectivity index (χ0v) is 13.5. The maximum atomic E-state index is 11.5. The van der Waals surface area contributed by atoms with Crippen molar-refractivity contribution in [3.05, 3.63) is 27.3 Å². The molecule has 1 aromatic rings. The number of carbonyl (C=O) groups is 3. The molecule has 2 amide bonds. The highest BCUT2D eigenvalue weighted by molar-refractivity contribution is 14.1. The number of rotatable bonds is 7. The van der Waals surface area contributed by atoms with Crippen LogP contribution in [-0.4, -0.2) is 42.6 Å². The minimum atomic E-state index is -1.06. The molecular weight excluding hydrogens is 391 g/mol. The summed E-state index contributed by atoms with van der Waals surface area (Å²) in [6.07, 6.45) is 0. The van der Waals surface area contributed by atoms with Gasteiger partial charge in [0.2, 0.25) is 5.91 Å². The summed E-state index contributed by atoms with van der Waals surface area (Å²) in [7, 11) is 0. The molecule has 0 aliphatic rings. The molecule has 3 N–H and O–H groups in total. The molecule has 8 heteroatoms. The van der Waals surface area contributed by atoms with Crippen molar-refractivity contribution in [2.75, 3.05) is 19.7 Å². The van der Waals surface area contributed by atoms with E-state index in [0.29, 0.717) is 22.4 Å². The Labute approximate surface area is 135 Å². The Bertz CT molecular complexity index is 547. The van der Waals surface area contributed by atoms with Crippen LogP contribution in [0, 0.1) is 3.57 Å². The summed E-state index contributed by atoms with van der Waals surface area (Å²) in [6, 6.07) is 4.44. The van der Waals surface area contributed by atoms with E-state index < -0.39 is 5.97 Å². The lowest BCUT2D eigenvalue weighted by atomic mass is 10.2. The molecule has 0 radical (unpaired) electrons. The van der Waals surface area contributed by atoms with E-state index in [1.54, 1.807) is 6.07 Å². The number of benzene rings is 1. The maximum absolute atomic E-state index is 11.5. The van der Waals surface area contributed by atoms with Crippen LogP contribution < -0.4 is 15.4 Å². The summed E-state index contributed by atoms with van der Waals surface area (Å²) >= 11 is 1.99. The molecule has 0 aliphatic carbocycles. The van der Waals surface area contributed by atoms with E-state index in [2.05, 4.69) is 10.6 Å². The first kappa shape index (κ1) is 17.2. The highest BCUT2D eigenvalue weighted by Gasteiger charge is 2.09. The van der Waals surface area contributed by atoms with E-state index in [1.807, 2.05) is 22.6 Å². The van der Waals surface area contributed by atoms with Crippen molar-refractivity contribution in [1.82, 2.24) is 10.6 Å². The molecule has 0 saturated carbocycles. The smallest absolute Gasteiger partial charge is 0.335 e.